The van der Waals surface area contributed by atoms with Gasteiger partial charge in [-0.3, -0.25) is 15.1 Å². The third-order valence-electron chi connectivity index (χ3n) is 4.28. The van der Waals surface area contributed by atoms with Crippen molar-refractivity contribution >= 4 is 22.8 Å². The number of para-hydroxylation sites is 1. The van der Waals surface area contributed by atoms with Crippen molar-refractivity contribution in [3.8, 4) is 11.4 Å². The fraction of sp³-hybridized carbons (Fsp3) is 0.100. The number of aryl methyl sites for hydroxylation is 1. The smallest absolute Gasteiger partial charge is 0.231 e. The highest BCUT2D eigenvalue weighted by Gasteiger charge is 2.15. The van der Waals surface area contributed by atoms with E-state index in [1.54, 1.807) is 30.6 Å². The molecule has 0 unspecified atom stereocenters. The molecule has 0 saturated carbocycles. The van der Waals surface area contributed by atoms with Crippen molar-refractivity contribution in [1.29, 1.82) is 0 Å². The molecule has 2 N–H and O–H groups in total. The van der Waals surface area contributed by atoms with E-state index in [4.69, 9.17) is 0 Å². The first-order chi connectivity index (χ1) is 13.1. The average molecular weight is 361 g/mol. The van der Waals surface area contributed by atoms with Crippen LogP contribution in [0.1, 0.15) is 11.3 Å². The van der Waals surface area contributed by atoms with Crippen molar-refractivity contribution in [3.05, 3.63) is 71.9 Å². The van der Waals surface area contributed by atoms with Crippen LogP contribution < -0.4 is 5.32 Å². The molecule has 3 heterocycles. The Bertz CT molecular complexity index is 1120. The van der Waals surface area contributed by atoms with Crippen LogP contribution in [0.5, 0.6) is 0 Å². The molecule has 7 heteroatoms. The number of amides is 1. The van der Waals surface area contributed by atoms with E-state index in [0.717, 1.165) is 11.3 Å². The fourth-order valence-corrected chi connectivity index (χ4v) is 3.00. The number of anilines is 1. The van der Waals surface area contributed by atoms with Crippen LogP contribution in [0.15, 0.2) is 54.9 Å². The van der Waals surface area contributed by atoms with E-state index in [2.05, 4.69) is 25.3 Å². The summed E-state index contributed by atoms with van der Waals surface area (Å²) in [5.41, 5.74) is 3.23. The van der Waals surface area contributed by atoms with Gasteiger partial charge in [0.1, 0.15) is 5.82 Å². The molecule has 134 valence electrons. The molecule has 0 aliphatic rings. The highest BCUT2D eigenvalue weighted by Crippen LogP contribution is 2.25. The van der Waals surface area contributed by atoms with Gasteiger partial charge in [0.2, 0.25) is 11.9 Å². The van der Waals surface area contributed by atoms with Gasteiger partial charge in [0.15, 0.2) is 0 Å². The normalized spacial score (nSPS) is 10.9. The lowest BCUT2D eigenvalue weighted by Gasteiger charge is -2.06. The van der Waals surface area contributed by atoms with E-state index in [9.17, 15) is 9.18 Å². The third-order valence-corrected chi connectivity index (χ3v) is 4.28. The Morgan fingerprint density at radius 1 is 1.07 bits per heavy atom. The van der Waals surface area contributed by atoms with Gasteiger partial charge < -0.3 is 4.98 Å². The predicted molar refractivity (Wildman–Crippen MR) is 101 cm³/mol. The minimum Gasteiger partial charge on any atom is -0.356 e. The van der Waals surface area contributed by atoms with Crippen molar-refractivity contribution in [3.63, 3.8) is 0 Å². The van der Waals surface area contributed by atoms with Crippen LogP contribution in [0.2, 0.25) is 0 Å². The Morgan fingerprint density at radius 2 is 1.96 bits per heavy atom. The number of carbonyl (C=O) groups excluding carboxylic acids is 1. The van der Waals surface area contributed by atoms with E-state index in [0.29, 0.717) is 22.3 Å². The molecule has 0 saturated heterocycles. The summed E-state index contributed by atoms with van der Waals surface area (Å²) in [7, 11) is 0. The largest absolute Gasteiger partial charge is 0.356 e. The standard InChI is InChI=1S/C20H16FN5O/c1-12-14(13-5-4-6-15(21)19(13)24-12)11-18(27)26-20-23-10-8-17(25-20)16-7-2-3-9-22-16/h2-10,24H,11H2,1H3,(H,23,25,26,27). The number of aromatic amines is 1. The first-order valence-corrected chi connectivity index (χ1v) is 8.42. The number of rotatable bonds is 4. The first kappa shape index (κ1) is 16.8. The van der Waals surface area contributed by atoms with E-state index in [1.807, 2.05) is 25.1 Å². The molecule has 0 atom stereocenters. The summed E-state index contributed by atoms with van der Waals surface area (Å²) in [6.45, 7) is 1.82. The molecule has 0 aliphatic carbocycles. The fourth-order valence-electron chi connectivity index (χ4n) is 3.00. The number of fused-ring (bicyclic) bond motifs is 1. The van der Waals surface area contributed by atoms with Crippen LogP contribution in [0, 0.1) is 12.7 Å². The first-order valence-electron chi connectivity index (χ1n) is 8.42. The molecule has 0 radical (unpaired) electrons. The second-order valence-corrected chi connectivity index (χ2v) is 6.10. The van der Waals surface area contributed by atoms with Crippen molar-refractivity contribution in [2.24, 2.45) is 0 Å². The van der Waals surface area contributed by atoms with Crippen molar-refractivity contribution in [2.45, 2.75) is 13.3 Å². The van der Waals surface area contributed by atoms with Crippen LogP contribution in [-0.2, 0) is 11.2 Å². The highest BCUT2D eigenvalue weighted by atomic mass is 19.1. The maximum absolute atomic E-state index is 13.9. The Morgan fingerprint density at radius 3 is 2.78 bits per heavy atom. The van der Waals surface area contributed by atoms with Gasteiger partial charge in [0, 0.05) is 23.5 Å². The predicted octanol–water partition coefficient (Wildman–Crippen LogP) is 3.65. The zero-order valence-electron chi connectivity index (χ0n) is 14.5. The number of benzene rings is 1. The molecular weight excluding hydrogens is 345 g/mol. The van der Waals surface area contributed by atoms with Gasteiger partial charge in [0.05, 0.1) is 23.3 Å². The second kappa shape index (κ2) is 6.95. The van der Waals surface area contributed by atoms with Gasteiger partial charge in [-0.1, -0.05) is 18.2 Å². The van der Waals surface area contributed by atoms with Crippen molar-refractivity contribution in [2.75, 3.05) is 5.32 Å². The van der Waals surface area contributed by atoms with Crippen molar-refractivity contribution < 1.29 is 9.18 Å². The average Bonchev–Trinajstić information content (AvgIpc) is 3.00. The monoisotopic (exact) mass is 361 g/mol. The van der Waals surface area contributed by atoms with Gasteiger partial charge in [-0.25, -0.2) is 14.4 Å². The molecule has 4 rings (SSSR count). The quantitative estimate of drug-likeness (QED) is 0.581. The summed E-state index contributed by atoms with van der Waals surface area (Å²) in [4.78, 5) is 28.2. The van der Waals surface area contributed by atoms with Crippen LogP contribution >= 0.6 is 0 Å². The summed E-state index contributed by atoms with van der Waals surface area (Å²) < 4.78 is 13.9. The number of H-pyrrole nitrogens is 1. The maximum Gasteiger partial charge on any atom is 0.231 e. The van der Waals surface area contributed by atoms with E-state index < -0.39 is 0 Å². The van der Waals surface area contributed by atoms with Crippen LogP contribution in [0.25, 0.3) is 22.3 Å². The molecule has 0 bridgehead atoms. The molecule has 27 heavy (non-hydrogen) atoms. The zero-order valence-corrected chi connectivity index (χ0v) is 14.5. The minimum absolute atomic E-state index is 0.0897. The molecule has 1 amide bonds. The number of carbonyl (C=O) groups is 1. The maximum atomic E-state index is 13.9. The third kappa shape index (κ3) is 3.39. The highest BCUT2D eigenvalue weighted by molar-refractivity contribution is 5.95. The van der Waals surface area contributed by atoms with Gasteiger partial charge in [0.25, 0.3) is 0 Å². The number of nitrogens with one attached hydrogen (secondary N) is 2. The summed E-state index contributed by atoms with van der Waals surface area (Å²) in [5.74, 6) is -0.415. The molecule has 0 spiro atoms. The molecule has 0 aliphatic heterocycles. The van der Waals surface area contributed by atoms with Crippen LogP contribution in [-0.4, -0.2) is 25.8 Å². The van der Waals surface area contributed by atoms with Crippen molar-refractivity contribution in [1.82, 2.24) is 19.9 Å². The lowest BCUT2D eigenvalue weighted by Crippen LogP contribution is -2.16. The summed E-state index contributed by atoms with van der Waals surface area (Å²) >= 11 is 0. The summed E-state index contributed by atoms with van der Waals surface area (Å²) in [6.07, 6.45) is 3.33. The molecule has 0 fully saturated rings. The van der Waals surface area contributed by atoms with Crippen LogP contribution in [0.4, 0.5) is 10.3 Å². The molecular formula is C20H16FN5O. The van der Waals surface area contributed by atoms with E-state index >= 15 is 0 Å². The molecule has 6 nitrogen and oxygen atoms in total. The summed E-state index contributed by atoms with van der Waals surface area (Å²) in [5, 5.41) is 3.40. The second-order valence-electron chi connectivity index (χ2n) is 6.10. The van der Waals surface area contributed by atoms with E-state index in [1.165, 1.54) is 6.07 Å². The number of nitrogens with zero attached hydrogens (tertiary/aromatic N) is 3. The Kier molecular flexibility index (Phi) is 4.33. The molecule has 4 aromatic rings. The number of hydrogen-bond donors (Lipinski definition) is 2. The number of aromatic nitrogens is 4. The number of pyridine rings is 1. The lowest BCUT2D eigenvalue weighted by atomic mass is 10.1. The Hall–Kier alpha value is -3.61. The van der Waals surface area contributed by atoms with Crippen LogP contribution in [0.3, 0.4) is 0 Å². The Balaban J connectivity index is 1.56. The minimum atomic E-state index is -0.339. The number of hydrogen-bond acceptors (Lipinski definition) is 4. The topological polar surface area (TPSA) is 83.6 Å². The summed E-state index contributed by atoms with van der Waals surface area (Å²) in [6, 6.07) is 12.1. The lowest BCUT2D eigenvalue weighted by molar-refractivity contribution is -0.115. The molecule has 1 aromatic carbocycles. The van der Waals surface area contributed by atoms with E-state index in [-0.39, 0.29) is 24.1 Å². The van der Waals surface area contributed by atoms with Gasteiger partial charge in [-0.05, 0) is 36.8 Å². The zero-order chi connectivity index (χ0) is 18.8. The van der Waals surface area contributed by atoms with Gasteiger partial charge in [-0.2, -0.15) is 0 Å². The molecule has 3 aromatic heterocycles. The van der Waals surface area contributed by atoms with Gasteiger partial charge in [-0.15, -0.1) is 0 Å². The van der Waals surface area contributed by atoms with Gasteiger partial charge >= 0.3 is 0 Å². The number of halogens is 1. The Labute approximate surface area is 154 Å². The SMILES string of the molecule is Cc1[nH]c2c(F)cccc2c1CC(=O)Nc1nccc(-c2ccccn2)n1.